The Morgan fingerprint density at radius 2 is 1.85 bits per heavy atom. The fourth-order valence-electron chi connectivity index (χ4n) is 1.81. The van der Waals surface area contributed by atoms with Gasteiger partial charge in [0.1, 0.15) is 5.82 Å². The molecule has 1 amide bonds. The van der Waals surface area contributed by atoms with Crippen LogP contribution in [0.1, 0.15) is 6.42 Å². The van der Waals surface area contributed by atoms with E-state index in [1.54, 1.807) is 5.32 Å². The van der Waals surface area contributed by atoms with E-state index >= 15 is 0 Å². The van der Waals surface area contributed by atoms with Gasteiger partial charge in [-0.2, -0.15) is 18.2 Å². The molecular weight excluding hydrogens is 419 g/mol. The number of benzene rings is 1. The van der Waals surface area contributed by atoms with Gasteiger partial charge in [-0.3, -0.25) is 4.79 Å². The molecule has 0 spiro atoms. The van der Waals surface area contributed by atoms with Crippen molar-refractivity contribution in [2.45, 2.75) is 12.6 Å². The number of amides is 1. The summed E-state index contributed by atoms with van der Waals surface area (Å²) in [6.07, 6.45) is -2.85. The third kappa shape index (κ3) is 5.85. The summed E-state index contributed by atoms with van der Waals surface area (Å²) >= 11 is 3.31. The van der Waals surface area contributed by atoms with Crippen LogP contribution in [0, 0.1) is 0 Å². The Hall–Kier alpha value is -2.40. The third-order valence-corrected chi connectivity index (χ3v) is 3.61. The minimum Gasteiger partial charge on any atom is -0.396 e. The average Bonchev–Trinajstić information content (AvgIpc) is 2.58. The molecule has 0 radical (unpaired) electrons. The molecule has 0 bridgehead atoms. The van der Waals surface area contributed by atoms with Gasteiger partial charge < -0.3 is 21.1 Å². The molecule has 26 heavy (non-hydrogen) atoms. The molecule has 0 aliphatic heterocycles. The minimum atomic E-state index is -4.94. The van der Waals surface area contributed by atoms with E-state index in [9.17, 15) is 18.0 Å². The Bertz CT molecular complexity index is 756. The topological polar surface area (TPSA) is 99.2 Å². The number of anilines is 4. The van der Waals surface area contributed by atoms with E-state index < -0.39 is 12.1 Å². The monoisotopic (exact) mass is 433 g/mol. The zero-order valence-corrected chi connectivity index (χ0v) is 14.9. The first kappa shape index (κ1) is 19.9. The van der Waals surface area contributed by atoms with Crippen molar-refractivity contribution >= 4 is 45.0 Å². The molecule has 1 heterocycles. The van der Waals surface area contributed by atoms with Crippen molar-refractivity contribution in [3.8, 4) is 0 Å². The van der Waals surface area contributed by atoms with Crippen LogP contribution in [0.5, 0.6) is 0 Å². The van der Waals surface area contributed by atoms with Crippen molar-refractivity contribution in [1.82, 2.24) is 9.97 Å². The largest absolute Gasteiger partial charge is 0.471 e. The van der Waals surface area contributed by atoms with E-state index in [-0.39, 0.29) is 18.2 Å². The lowest BCUT2D eigenvalue weighted by molar-refractivity contribution is -0.167. The first-order valence-electron chi connectivity index (χ1n) is 7.42. The number of aromatic nitrogens is 2. The van der Waals surface area contributed by atoms with Gasteiger partial charge in [0.2, 0.25) is 5.95 Å². The van der Waals surface area contributed by atoms with Crippen molar-refractivity contribution in [1.29, 1.82) is 0 Å². The number of nitrogens with one attached hydrogen (secondary N) is 3. The molecule has 0 saturated heterocycles. The number of alkyl halides is 3. The first-order valence-corrected chi connectivity index (χ1v) is 8.21. The SMILES string of the molecule is O=C(Nc1ccc(Nc2ncc(Br)c(NCCCO)n2)cc1)C(F)(F)F. The second kappa shape index (κ2) is 8.81. The maximum absolute atomic E-state index is 12.2. The van der Waals surface area contributed by atoms with E-state index in [2.05, 4.69) is 36.5 Å². The summed E-state index contributed by atoms with van der Waals surface area (Å²) < 4.78 is 37.3. The number of carbonyl (C=O) groups excluding carboxylic acids is 1. The lowest BCUT2D eigenvalue weighted by atomic mass is 10.3. The van der Waals surface area contributed by atoms with E-state index in [0.717, 1.165) is 0 Å². The highest BCUT2D eigenvalue weighted by Crippen LogP contribution is 2.23. The van der Waals surface area contributed by atoms with Crippen LogP contribution in [0.25, 0.3) is 0 Å². The van der Waals surface area contributed by atoms with Gasteiger partial charge in [0, 0.05) is 30.7 Å². The second-order valence-corrected chi connectivity index (χ2v) is 5.90. The molecule has 2 aromatic rings. The van der Waals surface area contributed by atoms with Crippen molar-refractivity contribution in [2.24, 2.45) is 0 Å². The molecule has 0 saturated carbocycles. The number of rotatable bonds is 7. The number of aliphatic hydroxyl groups is 1. The fraction of sp³-hybridized carbons (Fsp3) is 0.267. The van der Waals surface area contributed by atoms with Crippen LogP contribution in [0.2, 0.25) is 0 Å². The Balaban J connectivity index is 2.02. The predicted molar refractivity (Wildman–Crippen MR) is 94.3 cm³/mol. The van der Waals surface area contributed by atoms with E-state index in [1.165, 1.54) is 30.5 Å². The van der Waals surface area contributed by atoms with Crippen LogP contribution in [-0.2, 0) is 4.79 Å². The standard InChI is InChI=1S/C15H15BrF3N5O2/c16-11-8-21-14(24-12(11)20-6-1-7-25)23-10-4-2-9(3-5-10)22-13(26)15(17,18)19/h2-5,8,25H,1,6-7H2,(H,22,26)(H2,20,21,23,24). The molecule has 0 aliphatic rings. The summed E-state index contributed by atoms with van der Waals surface area (Å²) in [4.78, 5) is 19.2. The van der Waals surface area contributed by atoms with Gasteiger partial charge in [0.25, 0.3) is 0 Å². The van der Waals surface area contributed by atoms with Crippen LogP contribution in [-0.4, -0.2) is 40.3 Å². The molecule has 0 aliphatic carbocycles. The van der Waals surface area contributed by atoms with Crippen LogP contribution in [0.15, 0.2) is 34.9 Å². The fourth-order valence-corrected chi connectivity index (χ4v) is 2.14. The maximum Gasteiger partial charge on any atom is 0.471 e. The Morgan fingerprint density at radius 3 is 2.46 bits per heavy atom. The highest BCUT2D eigenvalue weighted by molar-refractivity contribution is 9.10. The third-order valence-electron chi connectivity index (χ3n) is 3.03. The highest BCUT2D eigenvalue weighted by Gasteiger charge is 2.38. The first-order chi connectivity index (χ1) is 12.3. The van der Waals surface area contributed by atoms with E-state index in [4.69, 9.17) is 5.11 Å². The molecule has 0 fully saturated rings. The molecule has 7 nitrogen and oxygen atoms in total. The lowest BCUT2D eigenvalue weighted by Crippen LogP contribution is -2.29. The molecule has 2 rings (SSSR count). The highest BCUT2D eigenvalue weighted by atomic mass is 79.9. The molecule has 0 unspecified atom stereocenters. The summed E-state index contributed by atoms with van der Waals surface area (Å²) in [7, 11) is 0. The van der Waals surface area contributed by atoms with Crippen LogP contribution in [0.4, 0.5) is 36.3 Å². The van der Waals surface area contributed by atoms with Gasteiger partial charge in [-0.15, -0.1) is 0 Å². The number of nitrogens with zero attached hydrogens (tertiary/aromatic N) is 2. The minimum absolute atomic E-state index is 0.0148. The molecule has 0 atom stereocenters. The average molecular weight is 434 g/mol. The Kier molecular flexibility index (Phi) is 6.75. The molecule has 11 heteroatoms. The summed E-state index contributed by atoms with van der Waals surface area (Å²) in [5, 5.41) is 16.5. The number of hydrogen-bond donors (Lipinski definition) is 4. The molecule has 140 valence electrons. The predicted octanol–water partition coefficient (Wildman–Crippen LogP) is 3.28. The van der Waals surface area contributed by atoms with Crippen LogP contribution < -0.4 is 16.0 Å². The van der Waals surface area contributed by atoms with Gasteiger partial charge in [0.15, 0.2) is 0 Å². The van der Waals surface area contributed by atoms with Crippen molar-refractivity contribution in [3.63, 3.8) is 0 Å². The molecule has 4 N–H and O–H groups in total. The number of hydrogen-bond acceptors (Lipinski definition) is 6. The number of aliphatic hydroxyl groups excluding tert-OH is 1. The Labute approximate surface area is 155 Å². The van der Waals surface area contributed by atoms with Gasteiger partial charge in [0.05, 0.1) is 4.47 Å². The zero-order valence-electron chi connectivity index (χ0n) is 13.3. The summed E-state index contributed by atoms with van der Waals surface area (Å²) in [5.74, 6) is -1.23. The number of halogens is 4. The summed E-state index contributed by atoms with van der Waals surface area (Å²) in [6, 6.07) is 5.61. The smallest absolute Gasteiger partial charge is 0.396 e. The molecule has 1 aromatic carbocycles. The quantitative estimate of drug-likeness (QED) is 0.500. The van der Waals surface area contributed by atoms with Crippen molar-refractivity contribution in [2.75, 3.05) is 29.1 Å². The normalized spacial score (nSPS) is 11.1. The molecular formula is C15H15BrF3N5O2. The maximum atomic E-state index is 12.2. The summed E-state index contributed by atoms with van der Waals surface area (Å²) in [5.41, 5.74) is 0.541. The Morgan fingerprint density at radius 1 is 1.19 bits per heavy atom. The summed E-state index contributed by atoms with van der Waals surface area (Å²) in [6.45, 7) is 0.581. The van der Waals surface area contributed by atoms with Gasteiger partial charge in [-0.25, -0.2) is 4.98 Å². The lowest BCUT2D eigenvalue weighted by Gasteiger charge is -2.11. The van der Waals surface area contributed by atoms with Gasteiger partial charge >= 0.3 is 12.1 Å². The van der Waals surface area contributed by atoms with Crippen molar-refractivity contribution in [3.05, 3.63) is 34.9 Å². The zero-order chi connectivity index (χ0) is 19.2. The van der Waals surface area contributed by atoms with E-state index in [1.807, 2.05) is 0 Å². The van der Waals surface area contributed by atoms with Gasteiger partial charge in [-0.05, 0) is 46.6 Å². The second-order valence-electron chi connectivity index (χ2n) is 5.05. The van der Waals surface area contributed by atoms with E-state index in [0.29, 0.717) is 28.9 Å². The molecule has 1 aromatic heterocycles. The van der Waals surface area contributed by atoms with Gasteiger partial charge in [-0.1, -0.05) is 0 Å². The van der Waals surface area contributed by atoms with Crippen LogP contribution >= 0.6 is 15.9 Å². The van der Waals surface area contributed by atoms with Crippen LogP contribution in [0.3, 0.4) is 0 Å². The number of carbonyl (C=O) groups is 1. The van der Waals surface area contributed by atoms with Crippen molar-refractivity contribution < 1.29 is 23.1 Å².